The molecule has 6 nitrogen and oxygen atoms in total. The molecule has 0 spiro atoms. The summed E-state index contributed by atoms with van der Waals surface area (Å²) >= 11 is 0. The quantitative estimate of drug-likeness (QED) is 0.290. The van der Waals surface area contributed by atoms with Crippen LogP contribution in [0.3, 0.4) is 0 Å². The van der Waals surface area contributed by atoms with E-state index >= 15 is 0 Å². The van der Waals surface area contributed by atoms with Gasteiger partial charge in [-0.05, 0) is 35.4 Å². The molecule has 2 atom stereocenters. The molecule has 0 heterocycles. The van der Waals surface area contributed by atoms with Crippen LogP contribution in [0.5, 0.6) is 11.5 Å². The van der Waals surface area contributed by atoms with Crippen LogP contribution in [0.15, 0.2) is 48.5 Å². The molecule has 8 heteroatoms. The van der Waals surface area contributed by atoms with Crippen molar-refractivity contribution >= 4 is 0 Å². The summed E-state index contributed by atoms with van der Waals surface area (Å²) in [5, 5.41) is 36.3. The molecule has 29 heavy (non-hydrogen) atoms. The summed E-state index contributed by atoms with van der Waals surface area (Å²) in [6.45, 7) is 3.67. The smallest absolute Gasteiger partial charge is 0.119 e. The molecule has 2 aromatic carbocycles. The molecular weight excluding hydrogens is 802 g/mol. The van der Waals surface area contributed by atoms with Gasteiger partial charge in [0.25, 0.3) is 0 Å². The molecule has 0 aliphatic rings. The number of rotatable bonds is 10. The average Bonchev–Trinajstić information content (AvgIpc) is 2.70. The van der Waals surface area contributed by atoms with Gasteiger partial charge in [-0.1, -0.05) is 38.1 Å². The van der Waals surface area contributed by atoms with Crippen molar-refractivity contribution in [2.45, 2.75) is 31.5 Å². The summed E-state index contributed by atoms with van der Waals surface area (Å²) in [5.74, 6) is 1.27. The van der Waals surface area contributed by atoms with Crippen LogP contribution in [0.1, 0.15) is 25.0 Å². The summed E-state index contributed by atoms with van der Waals surface area (Å²) in [4.78, 5) is 0. The Hall–Kier alpha value is 0.763. The van der Waals surface area contributed by atoms with Crippen LogP contribution in [-0.4, -0.2) is 59.1 Å². The van der Waals surface area contributed by atoms with Gasteiger partial charge >= 0.3 is 0 Å². The SMILES string of the molecule is CC(C)(c1ccc(OCC(O)CO)cc1)c1ccc(OCC(O)CO)cc1.[Ac].[Ac]. The van der Waals surface area contributed by atoms with Gasteiger partial charge < -0.3 is 29.9 Å². The van der Waals surface area contributed by atoms with Crippen molar-refractivity contribution in [1.82, 2.24) is 0 Å². The second kappa shape index (κ2) is 14.8. The van der Waals surface area contributed by atoms with Crippen LogP contribution >= 0.6 is 0 Å². The molecule has 0 bridgehead atoms. The number of aliphatic hydroxyl groups excluding tert-OH is 4. The predicted octanol–water partition coefficient (Wildman–Crippen LogP) is 1.48. The van der Waals surface area contributed by atoms with Crippen LogP contribution in [0.4, 0.5) is 0 Å². The maximum absolute atomic E-state index is 9.35. The molecular formula is C21H28Ac2O6. The monoisotopic (exact) mass is 830 g/mol. The molecule has 2 unspecified atom stereocenters. The van der Waals surface area contributed by atoms with E-state index in [1.54, 1.807) is 0 Å². The van der Waals surface area contributed by atoms with Gasteiger partial charge in [-0.15, -0.1) is 0 Å². The Bertz CT molecular complexity index is 632. The summed E-state index contributed by atoms with van der Waals surface area (Å²) in [6.07, 6.45) is -1.78. The summed E-state index contributed by atoms with van der Waals surface area (Å²) in [7, 11) is 0. The number of benzene rings is 2. The third-order valence-electron chi connectivity index (χ3n) is 4.46. The number of hydrogen-bond donors (Lipinski definition) is 4. The second-order valence-corrected chi connectivity index (χ2v) is 6.97. The summed E-state index contributed by atoms with van der Waals surface area (Å²) < 4.78 is 10.9. The third kappa shape index (κ3) is 9.42. The van der Waals surface area contributed by atoms with Crippen LogP contribution in [0.25, 0.3) is 0 Å². The first-order valence-corrected chi connectivity index (χ1v) is 8.91. The second-order valence-electron chi connectivity index (χ2n) is 6.97. The molecule has 154 valence electrons. The van der Waals surface area contributed by atoms with Gasteiger partial charge in [0.05, 0.1) is 13.2 Å². The van der Waals surface area contributed by atoms with E-state index < -0.39 is 12.2 Å². The fraction of sp³-hybridized carbons (Fsp3) is 0.429. The standard InChI is InChI=1S/C21H28O6.2Ac/c1-21(2,15-3-7-19(8-4-15)26-13-17(24)11-22)16-5-9-20(10-6-16)27-14-18(25)12-23;;/h3-10,17-18,22-25H,11-14H2,1-2H3;;. The van der Waals surface area contributed by atoms with Crippen molar-refractivity contribution in [3.8, 4) is 11.5 Å². The van der Waals surface area contributed by atoms with Gasteiger partial charge in [0.15, 0.2) is 0 Å². The van der Waals surface area contributed by atoms with Gasteiger partial charge in [0, 0.05) is 93.5 Å². The molecule has 4 N–H and O–H groups in total. The molecule has 2 aromatic rings. The minimum absolute atomic E-state index is 0. The maximum atomic E-state index is 9.35. The fourth-order valence-electron chi connectivity index (χ4n) is 2.59. The molecule has 0 saturated heterocycles. The van der Waals surface area contributed by atoms with E-state index in [0.29, 0.717) is 11.5 Å². The van der Waals surface area contributed by atoms with E-state index in [1.807, 2.05) is 48.5 Å². The van der Waals surface area contributed by atoms with Crippen LogP contribution in [0, 0.1) is 88.1 Å². The zero-order chi connectivity index (χ0) is 19.9. The molecule has 0 aromatic heterocycles. The van der Waals surface area contributed by atoms with Crippen LogP contribution in [0.2, 0.25) is 0 Å². The third-order valence-corrected chi connectivity index (χ3v) is 4.46. The molecule has 0 aliphatic carbocycles. The Morgan fingerprint density at radius 2 is 1.00 bits per heavy atom. The van der Waals surface area contributed by atoms with Gasteiger partial charge in [-0.2, -0.15) is 0 Å². The largest absolute Gasteiger partial charge is 0.491 e. The van der Waals surface area contributed by atoms with Crippen molar-refractivity contribution in [2.75, 3.05) is 26.4 Å². The van der Waals surface area contributed by atoms with E-state index in [1.165, 1.54) is 0 Å². The number of ether oxygens (including phenoxy) is 2. The van der Waals surface area contributed by atoms with Gasteiger partial charge in [-0.3, -0.25) is 0 Å². The number of hydrogen-bond acceptors (Lipinski definition) is 6. The van der Waals surface area contributed by atoms with E-state index in [2.05, 4.69) is 13.8 Å². The first kappa shape index (κ1) is 29.8. The molecule has 0 saturated carbocycles. The molecule has 2 rings (SSSR count). The molecule has 2 radical (unpaired) electrons. The molecule has 0 fully saturated rings. The Balaban J connectivity index is 0.00000392. The van der Waals surface area contributed by atoms with E-state index in [-0.39, 0.29) is 120 Å². The maximum Gasteiger partial charge on any atom is 0.119 e. The van der Waals surface area contributed by atoms with Crippen LogP contribution in [-0.2, 0) is 5.41 Å². The number of aliphatic hydroxyl groups is 4. The Kier molecular flexibility index (Phi) is 15.1. The molecule has 0 amide bonds. The van der Waals surface area contributed by atoms with Gasteiger partial charge in [-0.25, -0.2) is 0 Å². The Morgan fingerprint density at radius 3 is 1.28 bits per heavy atom. The average molecular weight is 830 g/mol. The topological polar surface area (TPSA) is 99.4 Å². The molecule has 0 aliphatic heterocycles. The van der Waals surface area contributed by atoms with Gasteiger partial charge in [0.1, 0.15) is 36.9 Å². The zero-order valence-electron chi connectivity index (χ0n) is 16.9. The van der Waals surface area contributed by atoms with E-state index in [4.69, 9.17) is 19.7 Å². The summed E-state index contributed by atoms with van der Waals surface area (Å²) in [6, 6.07) is 15.3. The first-order chi connectivity index (χ1) is 12.9. The zero-order valence-corrected chi connectivity index (χ0v) is 26.4. The Labute approximate surface area is 243 Å². The predicted molar refractivity (Wildman–Crippen MR) is 102 cm³/mol. The minimum atomic E-state index is -0.889. The van der Waals surface area contributed by atoms with E-state index in [9.17, 15) is 10.2 Å². The van der Waals surface area contributed by atoms with Crippen molar-refractivity contribution < 1.29 is 118 Å². The van der Waals surface area contributed by atoms with Crippen LogP contribution < -0.4 is 9.47 Å². The minimum Gasteiger partial charge on any atom is -0.491 e. The summed E-state index contributed by atoms with van der Waals surface area (Å²) in [5.41, 5.74) is 1.95. The van der Waals surface area contributed by atoms with Crippen molar-refractivity contribution in [3.05, 3.63) is 59.7 Å². The normalized spacial score (nSPS) is 12.9. The first-order valence-electron chi connectivity index (χ1n) is 8.91. The van der Waals surface area contributed by atoms with Crippen molar-refractivity contribution in [1.29, 1.82) is 0 Å². The van der Waals surface area contributed by atoms with Gasteiger partial charge in [0.2, 0.25) is 0 Å². The van der Waals surface area contributed by atoms with E-state index in [0.717, 1.165) is 11.1 Å². The van der Waals surface area contributed by atoms with Crippen molar-refractivity contribution in [2.24, 2.45) is 0 Å². The fourth-order valence-corrected chi connectivity index (χ4v) is 2.59. The Morgan fingerprint density at radius 1 is 0.690 bits per heavy atom. The van der Waals surface area contributed by atoms with Crippen molar-refractivity contribution in [3.63, 3.8) is 0 Å².